The van der Waals surface area contributed by atoms with Gasteiger partial charge in [-0.25, -0.2) is 4.99 Å². The van der Waals surface area contributed by atoms with Gasteiger partial charge in [-0.2, -0.15) is 12.6 Å². The van der Waals surface area contributed by atoms with Crippen molar-refractivity contribution in [2.45, 2.75) is 75.8 Å². The maximum atomic E-state index is 5.16. The van der Waals surface area contributed by atoms with E-state index in [1.165, 1.54) is 64.2 Å². The van der Waals surface area contributed by atoms with E-state index in [1.807, 2.05) is 0 Å². The lowest BCUT2D eigenvalue weighted by molar-refractivity contribution is 0.202. The Morgan fingerprint density at radius 1 is 1.10 bits per heavy atom. The van der Waals surface area contributed by atoms with Crippen LogP contribution in [0, 0.1) is 5.92 Å². The molecule has 2 fully saturated rings. The predicted octanol–water partition coefficient (Wildman–Crippen LogP) is 3.12. The van der Waals surface area contributed by atoms with Crippen molar-refractivity contribution in [3.63, 3.8) is 0 Å². The third-order valence-electron chi connectivity index (χ3n) is 5.50. The van der Waals surface area contributed by atoms with Crippen LogP contribution >= 0.6 is 12.6 Å². The molecule has 0 aromatic carbocycles. The fraction of sp³-hybridized carbons (Fsp3) is 0.938. The lowest BCUT2D eigenvalue weighted by atomic mass is 9.73. The molecule has 2 aliphatic carbocycles. The summed E-state index contributed by atoms with van der Waals surface area (Å²) < 4.78 is 0. The molecule has 0 bridgehead atoms. The van der Waals surface area contributed by atoms with Crippen molar-refractivity contribution in [2.24, 2.45) is 10.9 Å². The Balaban J connectivity index is 1.70. The summed E-state index contributed by atoms with van der Waals surface area (Å²) in [6.45, 7) is 1.04. The van der Waals surface area contributed by atoms with Crippen LogP contribution < -0.4 is 10.6 Å². The number of thiol groups is 1. The second-order valence-corrected chi connectivity index (χ2v) is 7.23. The van der Waals surface area contributed by atoms with Gasteiger partial charge in [0.1, 0.15) is 0 Å². The van der Waals surface area contributed by atoms with Crippen molar-refractivity contribution in [1.29, 1.82) is 0 Å². The Labute approximate surface area is 128 Å². The molecular formula is C16H29N3S. The predicted molar refractivity (Wildman–Crippen MR) is 88.6 cm³/mol. The van der Waals surface area contributed by atoms with Crippen LogP contribution in [-0.4, -0.2) is 29.8 Å². The fourth-order valence-corrected chi connectivity index (χ4v) is 4.67. The summed E-state index contributed by atoms with van der Waals surface area (Å²) in [6, 6.07) is 0.642. The highest BCUT2D eigenvalue weighted by atomic mass is 32.1. The van der Waals surface area contributed by atoms with Gasteiger partial charge < -0.3 is 10.6 Å². The molecule has 1 unspecified atom stereocenters. The first-order valence-electron chi connectivity index (χ1n) is 8.53. The SMILES string of the molecule is SCC1CNC(NC2CCCCC2)=NC12CCCCC2. The van der Waals surface area contributed by atoms with E-state index in [9.17, 15) is 0 Å². The van der Waals surface area contributed by atoms with Gasteiger partial charge in [-0.3, -0.25) is 0 Å². The Morgan fingerprint density at radius 2 is 1.80 bits per heavy atom. The molecule has 1 heterocycles. The second kappa shape index (κ2) is 6.59. The number of nitrogens with zero attached hydrogens (tertiary/aromatic N) is 1. The standard InChI is InChI=1S/C16H29N3S/c20-12-13-11-17-15(18-14-7-3-1-4-8-14)19-16(13)9-5-2-6-10-16/h13-14,20H,1-12H2,(H2,17,18,19). The van der Waals surface area contributed by atoms with Crippen LogP contribution in [0.3, 0.4) is 0 Å². The molecule has 1 atom stereocenters. The molecule has 114 valence electrons. The molecule has 2 N–H and O–H groups in total. The molecule has 2 saturated carbocycles. The van der Waals surface area contributed by atoms with E-state index in [2.05, 4.69) is 23.3 Å². The Morgan fingerprint density at radius 3 is 2.50 bits per heavy atom. The summed E-state index contributed by atoms with van der Waals surface area (Å²) in [7, 11) is 0. The highest BCUT2D eigenvalue weighted by Crippen LogP contribution is 2.39. The first-order valence-corrected chi connectivity index (χ1v) is 9.17. The van der Waals surface area contributed by atoms with Gasteiger partial charge in [0, 0.05) is 18.5 Å². The zero-order valence-corrected chi connectivity index (χ0v) is 13.4. The first kappa shape index (κ1) is 14.6. The third-order valence-corrected chi connectivity index (χ3v) is 5.94. The molecule has 0 amide bonds. The first-order chi connectivity index (χ1) is 9.82. The summed E-state index contributed by atoms with van der Waals surface area (Å²) in [5, 5.41) is 7.22. The topological polar surface area (TPSA) is 36.4 Å². The van der Waals surface area contributed by atoms with Crippen molar-refractivity contribution in [1.82, 2.24) is 10.6 Å². The molecular weight excluding hydrogens is 266 g/mol. The Hall–Kier alpha value is -0.380. The van der Waals surface area contributed by atoms with Crippen molar-refractivity contribution < 1.29 is 0 Å². The van der Waals surface area contributed by atoms with E-state index in [1.54, 1.807) is 0 Å². The van der Waals surface area contributed by atoms with Gasteiger partial charge in [0.15, 0.2) is 5.96 Å². The van der Waals surface area contributed by atoms with Crippen LogP contribution in [0.25, 0.3) is 0 Å². The molecule has 20 heavy (non-hydrogen) atoms. The van der Waals surface area contributed by atoms with Gasteiger partial charge in [0.2, 0.25) is 0 Å². The molecule has 0 aromatic heterocycles. The third kappa shape index (κ3) is 3.10. The molecule has 3 rings (SSSR count). The van der Waals surface area contributed by atoms with E-state index < -0.39 is 0 Å². The van der Waals surface area contributed by atoms with Crippen LogP contribution in [0.5, 0.6) is 0 Å². The van der Waals surface area contributed by atoms with Crippen LogP contribution in [0.15, 0.2) is 4.99 Å². The summed E-state index contributed by atoms with van der Waals surface area (Å²) in [6.07, 6.45) is 13.3. The van der Waals surface area contributed by atoms with E-state index in [0.717, 1.165) is 18.3 Å². The van der Waals surface area contributed by atoms with Crippen molar-refractivity contribution in [2.75, 3.05) is 12.3 Å². The molecule has 1 aliphatic heterocycles. The summed E-state index contributed by atoms with van der Waals surface area (Å²) in [5.74, 6) is 2.63. The van der Waals surface area contributed by atoms with E-state index in [0.29, 0.717) is 12.0 Å². The van der Waals surface area contributed by atoms with Crippen molar-refractivity contribution in [3.05, 3.63) is 0 Å². The monoisotopic (exact) mass is 295 g/mol. The molecule has 1 spiro atoms. The average molecular weight is 295 g/mol. The quantitative estimate of drug-likeness (QED) is 0.685. The molecule has 4 heteroatoms. The fourth-order valence-electron chi connectivity index (χ4n) is 4.21. The highest BCUT2D eigenvalue weighted by molar-refractivity contribution is 7.80. The minimum absolute atomic E-state index is 0.183. The summed E-state index contributed by atoms with van der Waals surface area (Å²) in [5.41, 5.74) is 0.183. The van der Waals surface area contributed by atoms with Crippen LogP contribution in [-0.2, 0) is 0 Å². The second-order valence-electron chi connectivity index (χ2n) is 6.86. The van der Waals surface area contributed by atoms with Gasteiger partial charge in [0.25, 0.3) is 0 Å². The van der Waals surface area contributed by atoms with Crippen LogP contribution in [0.2, 0.25) is 0 Å². The number of nitrogens with one attached hydrogen (secondary N) is 2. The maximum absolute atomic E-state index is 5.16. The van der Waals surface area contributed by atoms with Crippen molar-refractivity contribution >= 4 is 18.6 Å². The molecule has 0 aromatic rings. The van der Waals surface area contributed by atoms with Crippen LogP contribution in [0.1, 0.15) is 64.2 Å². The Kier molecular flexibility index (Phi) is 4.79. The number of guanidine groups is 1. The van der Waals surface area contributed by atoms with Gasteiger partial charge in [-0.15, -0.1) is 0 Å². The molecule has 3 aliphatic rings. The van der Waals surface area contributed by atoms with Gasteiger partial charge in [-0.05, 0) is 31.4 Å². The average Bonchev–Trinajstić information content (AvgIpc) is 2.49. The van der Waals surface area contributed by atoms with E-state index in [-0.39, 0.29) is 5.54 Å². The largest absolute Gasteiger partial charge is 0.356 e. The summed E-state index contributed by atoms with van der Waals surface area (Å²) >= 11 is 4.58. The number of hydrogen-bond donors (Lipinski definition) is 3. The van der Waals surface area contributed by atoms with Gasteiger partial charge in [-0.1, -0.05) is 38.5 Å². The minimum atomic E-state index is 0.183. The van der Waals surface area contributed by atoms with E-state index >= 15 is 0 Å². The molecule has 0 saturated heterocycles. The lowest BCUT2D eigenvalue weighted by Crippen LogP contribution is -2.56. The van der Waals surface area contributed by atoms with Crippen molar-refractivity contribution in [3.8, 4) is 0 Å². The highest BCUT2D eigenvalue weighted by Gasteiger charge is 2.41. The van der Waals surface area contributed by atoms with Gasteiger partial charge >= 0.3 is 0 Å². The number of hydrogen-bond acceptors (Lipinski definition) is 4. The zero-order valence-electron chi connectivity index (χ0n) is 12.5. The van der Waals surface area contributed by atoms with Gasteiger partial charge in [0.05, 0.1) is 5.54 Å². The zero-order chi connectivity index (χ0) is 13.8. The van der Waals surface area contributed by atoms with E-state index in [4.69, 9.17) is 4.99 Å². The maximum Gasteiger partial charge on any atom is 0.192 e. The van der Waals surface area contributed by atoms with Crippen LogP contribution in [0.4, 0.5) is 0 Å². The minimum Gasteiger partial charge on any atom is -0.356 e. The molecule has 0 radical (unpaired) electrons. The number of rotatable bonds is 2. The normalized spacial score (nSPS) is 30.6. The Bertz CT molecular complexity index is 344. The molecule has 3 nitrogen and oxygen atoms in total. The number of aliphatic imine (C=N–C) groups is 1. The summed E-state index contributed by atoms with van der Waals surface area (Å²) in [4.78, 5) is 5.16. The smallest absolute Gasteiger partial charge is 0.192 e. The lowest BCUT2D eigenvalue weighted by Gasteiger charge is -2.44.